The van der Waals surface area contributed by atoms with Gasteiger partial charge in [-0.2, -0.15) is 5.10 Å². The Hall–Kier alpha value is -2.97. The molecule has 31 heavy (non-hydrogen) atoms. The fraction of sp³-hybridized carbons (Fsp3) is 0.304. The van der Waals surface area contributed by atoms with E-state index in [-0.39, 0.29) is 17.6 Å². The number of nitrogens with zero attached hydrogens (tertiary/aromatic N) is 3. The number of sulfonamides is 1. The highest BCUT2D eigenvalue weighted by Crippen LogP contribution is 2.29. The monoisotopic (exact) mass is 438 g/mol. The number of aromatic amines is 1. The lowest BCUT2D eigenvalue weighted by atomic mass is 9.94. The van der Waals surface area contributed by atoms with E-state index in [0.29, 0.717) is 31.6 Å². The fourth-order valence-electron chi connectivity index (χ4n) is 3.92. The van der Waals surface area contributed by atoms with Gasteiger partial charge in [-0.05, 0) is 36.6 Å². The molecule has 4 rings (SSSR count). The average Bonchev–Trinajstić information content (AvgIpc) is 3.29. The Labute approximate surface area is 182 Å². The van der Waals surface area contributed by atoms with Gasteiger partial charge < -0.3 is 4.90 Å². The number of aromatic nitrogens is 2. The van der Waals surface area contributed by atoms with Gasteiger partial charge in [0.2, 0.25) is 10.0 Å². The number of H-pyrrole nitrogens is 1. The summed E-state index contributed by atoms with van der Waals surface area (Å²) in [7, 11) is -1.62. The molecule has 0 atom stereocenters. The van der Waals surface area contributed by atoms with Crippen LogP contribution in [0, 0.1) is 0 Å². The molecule has 1 aromatic heterocycles. The SMILES string of the molecule is CN(C(=O)c1cc(C2CCN(S(=O)(=O)Cc3ccccc3)CC2)[nH]n1)c1ccccc1. The van der Waals surface area contributed by atoms with Crippen LogP contribution in [0.1, 0.15) is 40.5 Å². The zero-order valence-electron chi connectivity index (χ0n) is 17.4. The van der Waals surface area contributed by atoms with Gasteiger partial charge in [0.25, 0.3) is 5.91 Å². The summed E-state index contributed by atoms with van der Waals surface area (Å²) in [5, 5.41) is 7.20. The van der Waals surface area contributed by atoms with Crippen LogP contribution in [0.25, 0.3) is 0 Å². The van der Waals surface area contributed by atoms with E-state index < -0.39 is 10.0 Å². The first-order chi connectivity index (χ1) is 14.9. The summed E-state index contributed by atoms with van der Waals surface area (Å²) in [5.74, 6) is -0.0108. The number of hydrogen-bond donors (Lipinski definition) is 1. The first-order valence-electron chi connectivity index (χ1n) is 10.3. The Morgan fingerprint density at radius 2 is 1.68 bits per heavy atom. The van der Waals surface area contributed by atoms with Gasteiger partial charge >= 0.3 is 0 Å². The zero-order valence-corrected chi connectivity index (χ0v) is 18.3. The highest BCUT2D eigenvalue weighted by Gasteiger charge is 2.30. The number of carbonyl (C=O) groups excluding carboxylic acids is 1. The minimum absolute atomic E-state index is 0.0209. The van der Waals surface area contributed by atoms with Crippen LogP contribution >= 0.6 is 0 Å². The second-order valence-electron chi connectivity index (χ2n) is 7.82. The van der Waals surface area contributed by atoms with Crippen molar-refractivity contribution in [1.29, 1.82) is 0 Å². The summed E-state index contributed by atoms with van der Waals surface area (Å²) in [5.41, 5.74) is 2.84. The number of amides is 1. The van der Waals surface area contributed by atoms with Crippen molar-refractivity contribution in [1.82, 2.24) is 14.5 Å². The van der Waals surface area contributed by atoms with Crippen LogP contribution < -0.4 is 4.90 Å². The Balaban J connectivity index is 1.37. The Bertz CT molecular complexity index is 1120. The maximum Gasteiger partial charge on any atom is 0.278 e. The van der Waals surface area contributed by atoms with E-state index >= 15 is 0 Å². The minimum atomic E-state index is -3.35. The Morgan fingerprint density at radius 3 is 2.32 bits per heavy atom. The fourth-order valence-corrected chi connectivity index (χ4v) is 5.48. The molecular formula is C23H26N4O3S. The molecule has 1 saturated heterocycles. The Morgan fingerprint density at radius 1 is 1.06 bits per heavy atom. The third-order valence-electron chi connectivity index (χ3n) is 5.74. The smallest absolute Gasteiger partial charge is 0.278 e. The maximum atomic E-state index is 12.8. The van der Waals surface area contributed by atoms with Crippen LogP contribution in [-0.4, -0.2) is 49.0 Å². The minimum Gasteiger partial charge on any atom is -0.310 e. The molecule has 7 nitrogen and oxygen atoms in total. The van der Waals surface area contributed by atoms with Crippen LogP contribution in [0.2, 0.25) is 0 Å². The van der Waals surface area contributed by atoms with E-state index in [1.165, 1.54) is 0 Å². The molecule has 1 amide bonds. The van der Waals surface area contributed by atoms with Crippen LogP contribution in [0.15, 0.2) is 66.7 Å². The number of carbonyl (C=O) groups is 1. The van der Waals surface area contributed by atoms with Gasteiger partial charge in [-0.3, -0.25) is 9.89 Å². The maximum absolute atomic E-state index is 12.8. The van der Waals surface area contributed by atoms with E-state index in [4.69, 9.17) is 0 Å². The molecule has 3 aromatic rings. The van der Waals surface area contributed by atoms with Gasteiger partial charge in [-0.1, -0.05) is 48.5 Å². The number of hydrogen-bond acceptors (Lipinski definition) is 4. The number of piperidine rings is 1. The molecule has 1 fully saturated rings. The molecule has 0 spiro atoms. The van der Waals surface area contributed by atoms with Crippen molar-refractivity contribution in [2.45, 2.75) is 24.5 Å². The molecule has 0 aliphatic carbocycles. The van der Waals surface area contributed by atoms with E-state index in [1.807, 2.05) is 60.7 Å². The van der Waals surface area contributed by atoms with E-state index in [9.17, 15) is 13.2 Å². The van der Waals surface area contributed by atoms with Crippen LogP contribution in [0.4, 0.5) is 5.69 Å². The second kappa shape index (κ2) is 9.03. The van der Waals surface area contributed by atoms with Crippen molar-refractivity contribution in [2.75, 3.05) is 25.0 Å². The van der Waals surface area contributed by atoms with Gasteiger partial charge in [0.15, 0.2) is 5.69 Å². The van der Waals surface area contributed by atoms with Crippen LogP contribution in [0.3, 0.4) is 0 Å². The third-order valence-corrected chi connectivity index (χ3v) is 7.59. The lowest BCUT2D eigenvalue weighted by molar-refractivity contribution is 0.0988. The van der Waals surface area contributed by atoms with Crippen molar-refractivity contribution < 1.29 is 13.2 Å². The van der Waals surface area contributed by atoms with E-state index in [0.717, 1.165) is 16.9 Å². The number of anilines is 1. The highest BCUT2D eigenvalue weighted by atomic mass is 32.2. The van der Waals surface area contributed by atoms with Gasteiger partial charge in [0.1, 0.15) is 0 Å². The van der Waals surface area contributed by atoms with Gasteiger partial charge in [-0.25, -0.2) is 12.7 Å². The van der Waals surface area contributed by atoms with Crippen LogP contribution in [-0.2, 0) is 15.8 Å². The van der Waals surface area contributed by atoms with Crippen molar-refractivity contribution in [3.63, 3.8) is 0 Å². The van der Waals surface area contributed by atoms with Crippen molar-refractivity contribution in [3.05, 3.63) is 83.7 Å². The molecular weight excluding hydrogens is 412 g/mol. The summed E-state index contributed by atoms with van der Waals surface area (Å²) in [6.07, 6.45) is 1.39. The molecule has 2 aromatic carbocycles. The molecule has 8 heteroatoms. The predicted octanol–water partition coefficient (Wildman–Crippen LogP) is 3.40. The summed E-state index contributed by atoms with van der Waals surface area (Å²) in [6, 6.07) is 20.5. The molecule has 1 aliphatic rings. The Kier molecular flexibility index (Phi) is 6.20. The molecule has 2 heterocycles. The first-order valence-corrected chi connectivity index (χ1v) is 11.9. The molecule has 0 bridgehead atoms. The number of para-hydroxylation sites is 1. The molecule has 1 aliphatic heterocycles. The normalized spacial score (nSPS) is 15.6. The van der Waals surface area contributed by atoms with Crippen LogP contribution in [0.5, 0.6) is 0 Å². The standard InChI is InChI=1S/C23H26N4O3S/c1-26(20-10-6-3-7-11-20)23(28)22-16-21(24-25-22)19-12-14-27(15-13-19)31(29,30)17-18-8-4-2-5-9-18/h2-11,16,19H,12-15,17H2,1H3,(H,24,25). The average molecular weight is 439 g/mol. The van der Waals surface area contributed by atoms with Crippen molar-refractivity contribution >= 4 is 21.6 Å². The number of rotatable bonds is 6. The largest absolute Gasteiger partial charge is 0.310 e. The van der Waals surface area contributed by atoms with Gasteiger partial charge in [0.05, 0.1) is 5.75 Å². The van der Waals surface area contributed by atoms with Crippen molar-refractivity contribution in [3.8, 4) is 0 Å². The molecule has 0 radical (unpaired) electrons. The summed E-state index contributed by atoms with van der Waals surface area (Å²) < 4.78 is 27.1. The topological polar surface area (TPSA) is 86.4 Å². The lowest BCUT2D eigenvalue weighted by Crippen LogP contribution is -2.38. The third kappa shape index (κ3) is 4.86. The lowest BCUT2D eigenvalue weighted by Gasteiger charge is -2.30. The van der Waals surface area contributed by atoms with Gasteiger partial charge in [-0.15, -0.1) is 0 Å². The molecule has 1 N–H and O–H groups in total. The van der Waals surface area contributed by atoms with E-state index in [2.05, 4.69) is 10.2 Å². The second-order valence-corrected chi connectivity index (χ2v) is 9.79. The summed E-state index contributed by atoms with van der Waals surface area (Å²) in [4.78, 5) is 14.3. The quantitative estimate of drug-likeness (QED) is 0.639. The summed E-state index contributed by atoms with van der Waals surface area (Å²) in [6.45, 7) is 0.929. The number of benzene rings is 2. The molecule has 0 saturated carbocycles. The van der Waals surface area contributed by atoms with E-state index in [1.54, 1.807) is 22.3 Å². The highest BCUT2D eigenvalue weighted by molar-refractivity contribution is 7.88. The first kappa shape index (κ1) is 21.3. The predicted molar refractivity (Wildman–Crippen MR) is 120 cm³/mol. The van der Waals surface area contributed by atoms with Crippen molar-refractivity contribution in [2.24, 2.45) is 0 Å². The molecule has 162 valence electrons. The zero-order chi connectivity index (χ0) is 21.8. The molecule has 0 unspecified atom stereocenters. The number of nitrogens with one attached hydrogen (secondary N) is 1. The summed E-state index contributed by atoms with van der Waals surface area (Å²) >= 11 is 0. The van der Waals surface area contributed by atoms with Gasteiger partial charge in [0, 0.05) is 37.4 Å².